The van der Waals surface area contributed by atoms with E-state index in [-0.39, 0.29) is 5.91 Å². The number of carbonyl (C=O) groups is 1. The molecule has 5 nitrogen and oxygen atoms in total. The first-order valence-corrected chi connectivity index (χ1v) is 12.3. The summed E-state index contributed by atoms with van der Waals surface area (Å²) in [6.45, 7) is 5.59. The summed E-state index contributed by atoms with van der Waals surface area (Å²) in [7, 11) is 0. The molecule has 2 aromatic carbocycles. The van der Waals surface area contributed by atoms with Crippen LogP contribution in [0.2, 0.25) is 0 Å². The molecule has 0 unspecified atom stereocenters. The van der Waals surface area contributed by atoms with Crippen molar-refractivity contribution in [2.75, 3.05) is 19.3 Å². The van der Waals surface area contributed by atoms with Crippen LogP contribution in [0.5, 0.6) is 0 Å². The summed E-state index contributed by atoms with van der Waals surface area (Å²) in [5.41, 5.74) is 5.76. The number of hydrogen-bond acceptors (Lipinski definition) is 4. The first kappa shape index (κ1) is 22.2. The topological polar surface area (TPSA) is 72.8 Å². The molecular formula is C26H28N4OS. The number of likely N-dealkylation sites (tertiary alicyclic amines) is 1. The Labute approximate surface area is 193 Å². The number of H-pyrrole nitrogens is 1. The number of hydrogen-bond donors (Lipinski definition) is 1. The van der Waals surface area contributed by atoms with Gasteiger partial charge in [-0.25, -0.2) is 4.98 Å². The molecule has 164 valence electrons. The number of nitrogens with zero attached hydrogens (tertiary/aromatic N) is 3. The third-order valence-electron chi connectivity index (χ3n) is 6.33. The lowest BCUT2D eigenvalue weighted by atomic mass is 9.88. The Morgan fingerprint density at radius 1 is 1.25 bits per heavy atom. The first-order valence-electron chi connectivity index (χ1n) is 11.1. The van der Waals surface area contributed by atoms with Crippen LogP contribution in [0.4, 0.5) is 0 Å². The van der Waals surface area contributed by atoms with Gasteiger partial charge < -0.3 is 9.88 Å². The molecule has 6 heteroatoms. The van der Waals surface area contributed by atoms with Gasteiger partial charge in [-0.1, -0.05) is 19.1 Å². The minimum atomic E-state index is 0.0944. The Balaban J connectivity index is 1.53. The highest BCUT2D eigenvalue weighted by Gasteiger charge is 2.26. The number of amides is 1. The second kappa shape index (κ2) is 9.62. The molecule has 2 heterocycles. The monoisotopic (exact) mass is 444 g/mol. The van der Waals surface area contributed by atoms with Gasteiger partial charge in [0.25, 0.3) is 5.91 Å². The Morgan fingerprint density at radius 2 is 1.97 bits per heavy atom. The van der Waals surface area contributed by atoms with Crippen LogP contribution in [0, 0.1) is 18.3 Å². The number of rotatable bonds is 5. The Bertz CT molecular complexity index is 1150. The van der Waals surface area contributed by atoms with Crippen molar-refractivity contribution in [2.24, 2.45) is 0 Å². The third-order valence-corrected chi connectivity index (χ3v) is 7.11. The second-order valence-corrected chi connectivity index (χ2v) is 9.13. The van der Waals surface area contributed by atoms with E-state index in [4.69, 9.17) is 5.26 Å². The van der Waals surface area contributed by atoms with Crippen molar-refractivity contribution in [1.29, 1.82) is 5.26 Å². The molecule has 0 aliphatic carbocycles. The predicted molar refractivity (Wildman–Crippen MR) is 129 cm³/mol. The minimum Gasteiger partial charge on any atom is -0.342 e. The molecule has 1 aliphatic rings. The molecule has 1 saturated heterocycles. The minimum absolute atomic E-state index is 0.0944. The van der Waals surface area contributed by atoms with Gasteiger partial charge in [0.2, 0.25) is 0 Å². The number of nitrogens with one attached hydrogen (secondary N) is 1. The zero-order valence-electron chi connectivity index (χ0n) is 18.8. The van der Waals surface area contributed by atoms with Crippen LogP contribution < -0.4 is 0 Å². The average Bonchev–Trinajstić information content (AvgIpc) is 3.33. The van der Waals surface area contributed by atoms with E-state index in [1.54, 1.807) is 11.8 Å². The van der Waals surface area contributed by atoms with E-state index < -0.39 is 0 Å². The first-order chi connectivity index (χ1) is 15.5. The van der Waals surface area contributed by atoms with Gasteiger partial charge in [-0.15, -0.1) is 11.8 Å². The summed E-state index contributed by atoms with van der Waals surface area (Å²) < 4.78 is 0. The molecule has 0 atom stereocenters. The fourth-order valence-corrected chi connectivity index (χ4v) is 5.03. The van der Waals surface area contributed by atoms with E-state index in [2.05, 4.69) is 35.3 Å². The van der Waals surface area contributed by atoms with Crippen molar-refractivity contribution in [3.05, 3.63) is 70.5 Å². The van der Waals surface area contributed by atoms with Gasteiger partial charge in [0, 0.05) is 41.0 Å². The number of thioether (sulfide) groups is 1. The Hall–Kier alpha value is -3.04. The van der Waals surface area contributed by atoms with Gasteiger partial charge in [-0.3, -0.25) is 4.79 Å². The normalized spacial score (nSPS) is 14.4. The summed E-state index contributed by atoms with van der Waals surface area (Å²) in [4.78, 5) is 24.5. The molecule has 3 aromatic rings. The summed E-state index contributed by atoms with van der Waals surface area (Å²) in [6.07, 6.45) is 6.69. The zero-order valence-corrected chi connectivity index (χ0v) is 19.6. The Morgan fingerprint density at radius 3 is 2.56 bits per heavy atom. The molecule has 1 aromatic heterocycles. The number of imidazole rings is 1. The van der Waals surface area contributed by atoms with Crippen molar-refractivity contribution in [3.63, 3.8) is 0 Å². The lowest BCUT2D eigenvalue weighted by Gasteiger charge is -2.33. The lowest BCUT2D eigenvalue weighted by Crippen LogP contribution is -2.38. The van der Waals surface area contributed by atoms with Gasteiger partial charge in [-0.2, -0.15) is 5.26 Å². The summed E-state index contributed by atoms with van der Waals surface area (Å²) in [5, 5.41) is 9.00. The van der Waals surface area contributed by atoms with Crippen molar-refractivity contribution in [3.8, 4) is 17.5 Å². The predicted octanol–water partition coefficient (Wildman–Crippen LogP) is 5.56. The molecule has 32 heavy (non-hydrogen) atoms. The maximum Gasteiger partial charge on any atom is 0.254 e. The van der Waals surface area contributed by atoms with E-state index in [1.165, 1.54) is 5.56 Å². The number of aromatic nitrogens is 2. The number of aromatic amines is 1. The number of piperidine rings is 1. The molecule has 1 amide bonds. The van der Waals surface area contributed by atoms with Gasteiger partial charge >= 0.3 is 0 Å². The quantitative estimate of drug-likeness (QED) is 0.523. The highest BCUT2D eigenvalue weighted by atomic mass is 32.2. The summed E-state index contributed by atoms with van der Waals surface area (Å²) in [6, 6.07) is 14.1. The molecule has 0 saturated carbocycles. The largest absolute Gasteiger partial charge is 0.342 e. The smallest absolute Gasteiger partial charge is 0.254 e. The number of nitriles is 1. The lowest BCUT2D eigenvalue weighted by molar-refractivity contribution is 0.0712. The summed E-state index contributed by atoms with van der Waals surface area (Å²) in [5.74, 6) is 1.34. The third kappa shape index (κ3) is 4.44. The SMILES string of the molecule is CCc1cnc(-c2cc(C(=O)N3CCC(c4ccc(C#N)cc4)CC3)c(C)cc2SC)[nH]1. The van der Waals surface area contributed by atoms with E-state index in [0.717, 1.165) is 65.5 Å². The van der Waals surface area contributed by atoms with Crippen LogP contribution >= 0.6 is 11.8 Å². The molecule has 0 spiro atoms. The second-order valence-electron chi connectivity index (χ2n) is 8.28. The highest BCUT2D eigenvalue weighted by molar-refractivity contribution is 7.98. The van der Waals surface area contributed by atoms with Crippen molar-refractivity contribution >= 4 is 17.7 Å². The van der Waals surface area contributed by atoms with Crippen molar-refractivity contribution < 1.29 is 4.79 Å². The number of aryl methyl sites for hydroxylation is 2. The molecule has 4 rings (SSSR count). The van der Waals surface area contributed by atoms with Crippen LogP contribution in [0.3, 0.4) is 0 Å². The standard InChI is InChI=1S/C26H28N4OS/c1-4-21-16-28-25(29-21)23-14-22(17(2)13-24(23)32-3)26(31)30-11-9-20(10-12-30)19-7-5-18(15-27)6-8-19/h5-8,13-14,16,20H,4,9-12H2,1-3H3,(H,28,29). The van der Waals surface area contributed by atoms with Crippen molar-refractivity contribution in [2.45, 2.75) is 43.9 Å². The van der Waals surface area contributed by atoms with Gasteiger partial charge in [0.1, 0.15) is 5.82 Å². The van der Waals surface area contributed by atoms with Gasteiger partial charge in [0.15, 0.2) is 0 Å². The molecular weight excluding hydrogens is 416 g/mol. The van der Waals surface area contributed by atoms with Crippen LogP contribution in [0.15, 0.2) is 47.5 Å². The molecule has 0 radical (unpaired) electrons. The molecule has 1 fully saturated rings. The fraction of sp³-hybridized carbons (Fsp3) is 0.346. The van der Waals surface area contributed by atoms with Gasteiger partial charge in [-0.05, 0) is 73.8 Å². The van der Waals surface area contributed by atoms with Crippen LogP contribution in [0.25, 0.3) is 11.4 Å². The Kier molecular flexibility index (Phi) is 6.66. The maximum atomic E-state index is 13.4. The van der Waals surface area contributed by atoms with Crippen LogP contribution in [0.1, 0.15) is 58.4 Å². The molecule has 0 bridgehead atoms. The number of carbonyl (C=O) groups excluding carboxylic acids is 1. The van der Waals surface area contributed by atoms with Crippen LogP contribution in [-0.2, 0) is 6.42 Å². The molecule has 1 aliphatic heterocycles. The van der Waals surface area contributed by atoms with E-state index in [0.29, 0.717) is 11.5 Å². The van der Waals surface area contributed by atoms with E-state index in [1.807, 2.05) is 48.4 Å². The number of benzene rings is 2. The van der Waals surface area contributed by atoms with Crippen molar-refractivity contribution in [1.82, 2.24) is 14.9 Å². The zero-order chi connectivity index (χ0) is 22.7. The van der Waals surface area contributed by atoms with E-state index >= 15 is 0 Å². The molecule has 1 N–H and O–H groups in total. The summed E-state index contributed by atoms with van der Waals surface area (Å²) >= 11 is 1.67. The average molecular weight is 445 g/mol. The van der Waals surface area contributed by atoms with E-state index in [9.17, 15) is 4.79 Å². The maximum absolute atomic E-state index is 13.4. The van der Waals surface area contributed by atoms with Gasteiger partial charge in [0.05, 0.1) is 11.6 Å². The van der Waals surface area contributed by atoms with Crippen LogP contribution in [-0.4, -0.2) is 40.1 Å². The highest BCUT2D eigenvalue weighted by Crippen LogP contribution is 2.33. The fourth-order valence-electron chi connectivity index (χ4n) is 4.36.